The molecule has 0 saturated carbocycles. The van der Waals surface area contributed by atoms with Crippen LogP contribution in [0.25, 0.3) is 22.4 Å². The minimum Gasteiger partial charge on any atom is -0.408 e. The minimum atomic E-state index is -0.412. The first-order valence-electron chi connectivity index (χ1n) is 5.10. The summed E-state index contributed by atoms with van der Waals surface area (Å²) in [4.78, 5) is 15.2. The van der Waals surface area contributed by atoms with Crippen molar-refractivity contribution in [2.24, 2.45) is 7.05 Å². The molecule has 0 bridgehead atoms. The molecule has 0 atom stereocenters. The summed E-state index contributed by atoms with van der Waals surface area (Å²) < 4.78 is 6.52. The number of rotatable bonds is 1. The third-order valence-electron chi connectivity index (χ3n) is 2.64. The minimum absolute atomic E-state index is 0.252. The number of fused-ring (bicyclic) bond motifs is 1. The van der Waals surface area contributed by atoms with Gasteiger partial charge in [0.2, 0.25) is 0 Å². The highest BCUT2D eigenvalue weighted by Gasteiger charge is 2.11. The van der Waals surface area contributed by atoms with Crippen LogP contribution in [0.3, 0.4) is 0 Å². The molecular weight excluding hydrogens is 256 g/mol. The average Bonchev–Trinajstić information content (AvgIpc) is 2.65. The summed E-state index contributed by atoms with van der Waals surface area (Å²) in [6, 6.07) is 5.24. The van der Waals surface area contributed by atoms with Crippen LogP contribution in [0, 0.1) is 0 Å². The highest BCUT2D eigenvalue weighted by atomic mass is 35.5. The summed E-state index contributed by atoms with van der Waals surface area (Å²) in [7, 11) is 1.64. The molecule has 7 heteroatoms. The molecular formula is C11H7ClN4O2. The molecule has 3 aromatic rings. The van der Waals surface area contributed by atoms with Gasteiger partial charge in [-0.3, -0.25) is 4.57 Å². The molecule has 0 unspecified atom stereocenters. The quantitative estimate of drug-likeness (QED) is 0.666. The Labute approximate surface area is 106 Å². The number of benzene rings is 1. The van der Waals surface area contributed by atoms with Gasteiger partial charge in [-0.15, -0.1) is 10.2 Å². The zero-order valence-corrected chi connectivity index (χ0v) is 10.0. The van der Waals surface area contributed by atoms with Crippen molar-refractivity contribution in [3.05, 3.63) is 40.2 Å². The Balaban J connectivity index is 2.26. The zero-order chi connectivity index (χ0) is 12.7. The third-order valence-corrected chi connectivity index (χ3v) is 2.92. The van der Waals surface area contributed by atoms with E-state index < -0.39 is 5.76 Å². The van der Waals surface area contributed by atoms with Gasteiger partial charge in [0.05, 0.1) is 5.52 Å². The Morgan fingerprint density at radius 2 is 2.22 bits per heavy atom. The first-order chi connectivity index (χ1) is 8.66. The molecule has 0 amide bonds. The summed E-state index contributed by atoms with van der Waals surface area (Å²) in [5, 5.41) is 7.85. The van der Waals surface area contributed by atoms with E-state index in [-0.39, 0.29) is 5.15 Å². The van der Waals surface area contributed by atoms with Gasteiger partial charge in [0.25, 0.3) is 0 Å². The molecule has 0 saturated heterocycles. The maximum atomic E-state index is 11.4. The number of oxazole rings is 1. The molecule has 0 spiro atoms. The van der Waals surface area contributed by atoms with Gasteiger partial charge in [0, 0.05) is 12.6 Å². The van der Waals surface area contributed by atoms with Crippen molar-refractivity contribution in [1.82, 2.24) is 19.7 Å². The molecule has 6 nitrogen and oxygen atoms in total. The van der Waals surface area contributed by atoms with E-state index in [9.17, 15) is 4.79 Å². The fraction of sp³-hybridized carbons (Fsp3) is 0.0909. The largest absolute Gasteiger partial charge is 0.419 e. The second-order valence-corrected chi connectivity index (χ2v) is 4.07. The average molecular weight is 263 g/mol. The van der Waals surface area contributed by atoms with E-state index in [2.05, 4.69) is 15.2 Å². The lowest BCUT2D eigenvalue weighted by atomic mass is 10.1. The fourth-order valence-corrected chi connectivity index (χ4v) is 1.91. The summed E-state index contributed by atoms with van der Waals surface area (Å²) in [6.07, 6.45) is 1.27. The highest BCUT2D eigenvalue weighted by molar-refractivity contribution is 6.31. The van der Waals surface area contributed by atoms with Gasteiger partial charge in [0.15, 0.2) is 10.7 Å². The van der Waals surface area contributed by atoms with Crippen molar-refractivity contribution in [3.8, 4) is 11.3 Å². The Morgan fingerprint density at radius 1 is 1.39 bits per heavy atom. The Kier molecular flexibility index (Phi) is 2.38. The van der Waals surface area contributed by atoms with Gasteiger partial charge in [-0.05, 0) is 12.1 Å². The molecule has 2 aromatic heterocycles. The van der Waals surface area contributed by atoms with Crippen LogP contribution in [0.1, 0.15) is 0 Å². The molecule has 0 aliphatic heterocycles. The highest BCUT2D eigenvalue weighted by Crippen LogP contribution is 2.25. The molecule has 0 radical (unpaired) electrons. The third kappa shape index (κ3) is 1.58. The maximum absolute atomic E-state index is 11.4. The number of hydrogen-bond acceptors (Lipinski definition) is 5. The lowest BCUT2D eigenvalue weighted by molar-refractivity contribution is 0.528. The van der Waals surface area contributed by atoms with Crippen molar-refractivity contribution in [3.63, 3.8) is 0 Å². The van der Waals surface area contributed by atoms with Crippen LogP contribution >= 0.6 is 11.6 Å². The molecule has 18 heavy (non-hydrogen) atoms. The normalized spacial score (nSPS) is 11.0. The lowest BCUT2D eigenvalue weighted by Gasteiger charge is -2.00. The maximum Gasteiger partial charge on any atom is 0.419 e. The predicted molar refractivity (Wildman–Crippen MR) is 65.3 cm³/mol. The second kappa shape index (κ2) is 3.92. The van der Waals surface area contributed by atoms with Gasteiger partial charge in [-0.25, -0.2) is 9.78 Å². The molecule has 0 N–H and O–H groups in total. The van der Waals surface area contributed by atoms with E-state index in [1.807, 2.05) is 0 Å². The molecule has 0 aliphatic rings. The topological polar surface area (TPSA) is 73.8 Å². The van der Waals surface area contributed by atoms with E-state index in [4.69, 9.17) is 16.0 Å². The van der Waals surface area contributed by atoms with E-state index in [1.165, 1.54) is 10.9 Å². The summed E-state index contributed by atoms with van der Waals surface area (Å²) in [6.45, 7) is 0. The molecule has 2 heterocycles. The van der Waals surface area contributed by atoms with Gasteiger partial charge < -0.3 is 4.42 Å². The van der Waals surface area contributed by atoms with E-state index in [1.54, 1.807) is 25.2 Å². The number of aromatic nitrogens is 4. The van der Waals surface area contributed by atoms with E-state index >= 15 is 0 Å². The molecule has 1 aromatic carbocycles. The van der Waals surface area contributed by atoms with Crippen molar-refractivity contribution in [1.29, 1.82) is 0 Å². The van der Waals surface area contributed by atoms with Crippen LogP contribution in [-0.4, -0.2) is 19.7 Å². The number of aryl methyl sites for hydroxylation is 1. The first kappa shape index (κ1) is 10.9. The lowest BCUT2D eigenvalue weighted by Crippen LogP contribution is -2.08. The first-order valence-corrected chi connectivity index (χ1v) is 5.48. The van der Waals surface area contributed by atoms with Crippen molar-refractivity contribution >= 4 is 22.7 Å². The van der Waals surface area contributed by atoms with Crippen LogP contribution in [0.2, 0.25) is 5.15 Å². The molecule has 0 fully saturated rings. The van der Waals surface area contributed by atoms with Gasteiger partial charge >= 0.3 is 5.76 Å². The monoisotopic (exact) mass is 262 g/mol. The predicted octanol–water partition coefficient (Wildman–Crippen LogP) is 1.64. The van der Waals surface area contributed by atoms with Gasteiger partial charge in [-0.2, -0.15) is 0 Å². The van der Waals surface area contributed by atoms with Gasteiger partial charge in [0.1, 0.15) is 12.0 Å². The van der Waals surface area contributed by atoms with Crippen LogP contribution < -0.4 is 5.76 Å². The SMILES string of the molecule is Cn1c(=O)oc2cc(-c3nncnc3Cl)ccc21. The van der Waals surface area contributed by atoms with Crippen LogP contribution in [0.5, 0.6) is 0 Å². The Morgan fingerprint density at radius 3 is 3.00 bits per heavy atom. The standard InChI is InChI=1S/C11H7ClN4O2/c1-16-7-3-2-6(4-8(7)18-11(16)17)9-10(12)13-5-14-15-9/h2-5H,1H3. The van der Waals surface area contributed by atoms with E-state index in [0.717, 1.165) is 0 Å². The van der Waals surface area contributed by atoms with Crippen molar-refractivity contribution < 1.29 is 4.42 Å². The zero-order valence-electron chi connectivity index (χ0n) is 9.29. The van der Waals surface area contributed by atoms with Crippen LogP contribution in [-0.2, 0) is 7.05 Å². The van der Waals surface area contributed by atoms with Crippen LogP contribution in [0.4, 0.5) is 0 Å². The summed E-state index contributed by atoms with van der Waals surface area (Å²) in [5.74, 6) is -0.412. The van der Waals surface area contributed by atoms with Crippen LogP contribution in [0.15, 0.2) is 33.7 Å². The molecule has 90 valence electrons. The summed E-state index contributed by atoms with van der Waals surface area (Å²) in [5.41, 5.74) is 2.33. The fourth-order valence-electron chi connectivity index (χ4n) is 1.72. The summed E-state index contributed by atoms with van der Waals surface area (Å²) >= 11 is 5.94. The molecule has 3 rings (SSSR count). The number of nitrogens with zero attached hydrogens (tertiary/aromatic N) is 4. The second-order valence-electron chi connectivity index (χ2n) is 3.71. The Hall–Kier alpha value is -2.21. The molecule has 0 aliphatic carbocycles. The van der Waals surface area contributed by atoms with E-state index in [0.29, 0.717) is 22.4 Å². The number of hydrogen-bond donors (Lipinski definition) is 0. The number of halogens is 1. The smallest absolute Gasteiger partial charge is 0.408 e. The van der Waals surface area contributed by atoms with Gasteiger partial charge in [-0.1, -0.05) is 17.7 Å². The Bertz CT molecular complexity index is 793. The van der Waals surface area contributed by atoms with Crippen molar-refractivity contribution in [2.45, 2.75) is 0 Å². The van der Waals surface area contributed by atoms with Crippen molar-refractivity contribution in [2.75, 3.05) is 0 Å².